The van der Waals surface area contributed by atoms with Gasteiger partial charge in [0.2, 0.25) is 0 Å². The highest BCUT2D eigenvalue weighted by Gasteiger charge is 2.31. The smallest absolute Gasteiger partial charge is 0.372 e. The van der Waals surface area contributed by atoms with Crippen LogP contribution in [0.3, 0.4) is 0 Å². The van der Waals surface area contributed by atoms with Crippen LogP contribution in [0.1, 0.15) is 10.4 Å². The molecule has 1 aromatic carbocycles. The molecule has 2 heterocycles. The summed E-state index contributed by atoms with van der Waals surface area (Å²) in [5, 5.41) is 3.19. The van der Waals surface area contributed by atoms with Crippen LogP contribution in [0.2, 0.25) is 0 Å². The van der Waals surface area contributed by atoms with Crippen molar-refractivity contribution < 1.29 is 13.2 Å². The zero-order valence-corrected chi connectivity index (χ0v) is 12.7. The number of hydrogen-bond acceptors (Lipinski definition) is 5. The standard InChI is InChI=1S/C14H11F3N4OS/c1-18-12-10-3-2-8(14(15,16)17)4-11(10)21(13(22)20-12)6-9-5-19-7-23-9/h2-5,7H,6H2,1H3,(H,18,20,22). The summed E-state index contributed by atoms with van der Waals surface area (Å²) < 4.78 is 40.2. The molecule has 2 aromatic heterocycles. The lowest BCUT2D eigenvalue weighted by Crippen LogP contribution is -2.25. The number of hydrogen-bond donors (Lipinski definition) is 1. The Balaban J connectivity index is 2.28. The van der Waals surface area contributed by atoms with Crippen molar-refractivity contribution in [2.24, 2.45) is 0 Å². The monoisotopic (exact) mass is 340 g/mol. The van der Waals surface area contributed by atoms with Gasteiger partial charge < -0.3 is 5.32 Å². The second-order valence-electron chi connectivity index (χ2n) is 4.78. The number of benzene rings is 1. The Morgan fingerprint density at radius 1 is 1.35 bits per heavy atom. The van der Waals surface area contributed by atoms with Gasteiger partial charge >= 0.3 is 11.9 Å². The van der Waals surface area contributed by atoms with Crippen molar-refractivity contribution in [1.82, 2.24) is 14.5 Å². The molecule has 23 heavy (non-hydrogen) atoms. The first-order valence-corrected chi connectivity index (χ1v) is 7.45. The van der Waals surface area contributed by atoms with Crippen LogP contribution in [0.25, 0.3) is 10.9 Å². The number of nitrogens with one attached hydrogen (secondary N) is 1. The summed E-state index contributed by atoms with van der Waals surface area (Å²) >= 11 is 1.32. The Morgan fingerprint density at radius 3 is 2.74 bits per heavy atom. The summed E-state index contributed by atoms with van der Waals surface area (Å²) in [5.41, 5.74) is 0.349. The summed E-state index contributed by atoms with van der Waals surface area (Å²) in [7, 11) is 1.56. The lowest BCUT2D eigenvalue weighted by molar-refractivity contribution is -0.137. The maximum atomic E-state index is 13.0. The van der Waals surface area contributed by atoms with Crippen molar-refractivity contribution in [1.29, 1.82) is 0 Å². The van der Waals surface area contributed by atoms with E-state index in [4.69, 9.17) is 0 Å². The number of halogens is 3. The van der Waals surface area contributed by atoms with E-state index in [-0.39, 0.29) is 17.9 Å². The minimum atomic E-state index is -4.48. The molecule has 0 saturated carbocycles. The van der Waals surface area contributed by atoms with Crippen molar-refractivity contribution >= 4 is 28.1 Å². The first-order chi connectivity index (χ1) is 10.9. The fourth-order valence-corrected chi connectivity index (χ4v) is 2.85. The van der Waals surface area contributed by atoms with Crippen molar-refractivity contribution in [3.05, 3.63) is 50.8 Å². The van der Waals surface area contributed by atoms with Crippen LogP contribution in [-0.4, -0.2) is 21.6 Å². The molecule has 0 aliphatic rings. The summed E-state index contributed by atoms with van der Waals surface area (Å²) in [6.45, 7) is 0.123. The Kier molecular flexibility index (Phi) is 3.80. The fraction of sp³-hybridized carbons (Fsp3) is 0.214. The molecule has 5 nitrogen and oxygen atoms in total. The molecule has 0 bridgehead atoms. The molecule has 1 N–H and O–H groups in total. The first kappa shape index (κ1) is 15.5. The molecule has 0 radical (unpaired) electrons. The van der Waals surface area contributed by atoms with Gasteiger partial charge in [-0.3, -0.25) is 9.55 Å². The maximum absolute atomic E-state index is 13.0. The molecule has 3 aromatic rings. The molecule has 120 valence electrons. The van der Waals surface area contributed by atoms with Crippen LogP contribution in [0, 0.1) is 0 Å². The number of fused-ring (bicyclic) bond motifs is 1. The topological polar surface area (TPSA) is 59.8 Å². The van der Waals surface area contributed by atoms with Crippen molar-refractivity contribution in [2.75, 3.05) is 12.4 Å². The average molecular weight is 340 g/mol. The van der Waals surface area contributed by atoms with E-state index in [0.29, 0.717) is 5.39 Å². The third-order valence-electron chi connectivity index (χ3n) is 3.34. The molecular formula is C14H11F3N4OS. The molecule has 9 heteroatoms. The molecular weight excluding hydrogens is 329 g/mol. The quantitative estimate of drug-likeness (QED) is 0.796. The van der Waals surface area contributed by atoms with Gasteiger partial charge in [-0.15, -0.1) is 11.3 Å². The van der Waals surface area contributed by atoms with Crippen LogP contribution in [0.5, 0.6) is 0 Å². The van der Waals surface area contributed by atoms with E-state index in [2.05, 4.69) is 15.3 Å². The molecule has 0 amide bonds. The molecule has 0 atom stereocenters. The van der Waals surface area contributed by atoms with Crippen LogP contribution in [-0.2, 0) is 12.7 Å². The predicted molar refractivity (Wildman–Crippen MR) is 81.8 cm³/mol. The van der Waals surface area contributed by atoms with Crippen LogP contribution in [0.4, 0.5) is 19.0 Å². The molecule has 0 aliphatic carbocycles. The third kappa shape index (κ3) is 2.91. The van der Waals surface area contributed by atoms with Gasteiger partial charge in [0.1, 0.15) is 5.82 Å². The second kappa shape index (κ2) is 5.65. The lowest BCUT2D eigenvalue weighted by atomic mass is 10.1. The first-order valence-electron chi connectivity index (χ1n) is 6.57. The summed E-state index contributed by atoms with van der Waals surface area (Å²) in [4.78, 5) is 20.8. The van der Waals surface area contributed by atoms with E-state index in [1.807, 2.05) is 0 Å². The highest BCUT2D eigenvalue weighted by atomic mass is 32.1. The van der Waals surface area contributed by atoms with E-state index < -0.39 is 17.4 Å². The highest BCUT2D eigenvalue weighted by molar-refractivity contribution is 7.09. The zero-order valence-electron chi connectivity index (χ0n) is 11.9. The van der Waals surface area contributed by atoms with Gasteiger partial charge in [-0.05, 0) is 18.2 Å². The van der Waals surface area contributed by atoms with Crippen molar-refractivity contribution in [3.8, 4) is 0 Å². The van der Waals surface area contributed by atoms with E-state index >= 15 is 0 Å². The zero-order chi connectivity index (χ0) is 16.6. The highest BCUT2D eigenvalue weighted by Crippen LogP contribution is 2.32. The Labute approximate surface area is 132 Å². The summed E-state index contributed by atoms with van der Waals surface area (Å²) in [6.07, 6.45) is -2.91. The third-order valence-corrected chi connectivity index (χ3v) is 4.11. The van der Waals surface area contributed by atoms with Gasteiger partial charge in [-0.25, -0.2) is 4.79 Å². The van der Waals surface area contributed by atoms with E-state index in [9.17, 15) is 18.0 Å². The maximum Gasteiger partial charge on any atom is 0.416 e. The number of rotatable bonds is 3. The number of alkyl halides is 3. The van der Waals surface area contributed by atoms with Gasteiger partial charge in [0, 0.05) is 23.5 Å². The van der Waals surface area contributed by atoms with Gasteiger partial charge in [0.05, 0.1) is 23.1 Å². The normalized spacial score (nSPS) is 11.8. The van der Waals surface area contributed by atoms with E-state index in [0.717, 1.165) is 17.0 Å². The lowest BCUT2D eigenvalue weighted by Gasteiger charge is -2.14. The SMILES string of the molecule is CNc1nc(=O)n(Cc2cncs2)c2cc(C(F)(F)F)ccc12. The molecule has 0 aliphatic heterocycles. The fourth-order valence-electron chi connectivity index (χ4n) is 2.27. The number of nitrogens with zero attached hydrogens (tertiary/aromatic N) is 3. The van der Waals surface area contributed by atoms with E-state index in [1.54, 1.807) is 18.8 Å². The van der Waals surface area contributed by atoms with Crippen LogP contribution < -0.4 is 11.0 Å². The minimum absolute atomic E-state index is 0.123. The van der Waals surface area contributed by atoms with Gasteiger partial charge in [-0.1, -0.05) is 0 Å². The Bertz CT molecular complexity index is 903. The predicted octanol–water partition coefficient (Wildman–Crippen LogP) is 2.96. The summed E-state index contributed by atoms with van der Waals surface area (Å²) in [5.74, 6) is 0.249. The molecule has 0 saturated heterocycles. The van der Waals surface area contributed by atoms with E-state index in [1.165, 1.54) is 22.0 Å². The number of aromatic nitrogens is 3. The number of thiazole rings is 1. The largest absolute Gasteiger partial charge is 0.416 e. The molecule has 0 spiro atoms. The molecule has 0 fully saturated rings. The minimum Gasteiger partial charge on any atom is -0.372 e. The second-order valence-corrected chi connectivity index (χ2v) is 5.75. The molecule has 3 rings (SSSR count). The molecule has 0 unspecified atom stereocenters. The Morgan fingerprint density at radius 2 is 2.13 bits per heavy atom. The van der Waals surface area contributed by atoms with Crippen molar-refractivity contribution in [2.45, 2.75) is 12.7 Å². The average Bonchev–Trinajstić information content (AvgIpc) is 3.01. The van der Waals surface area contributed by atoms with Crippen LogP contribution >= 0.6 is 11.3 Å². The van der Waals surface area contributed by atoms with Crippen LogP contribution in [0.15, 0.2) is 34.7 Å². The van der Waals surface area contributed by atoms with Crippen molar-refractivity contribution in [3.63, 3.8) is 0 Å². The van der Waals surface area contributed by atoms with Gasteiger partial charge in [0.15, 0.2) is 0 Å². The summed E-state index contributed by atoms with van der Waals surface area (Å²) in [6, 6.07) is 3.27. The van der Waals surface area contributed by atoms with Gasteiger partial charge in [0.25, 0.3) is 0 Å². The van der Waals surface area contributed by atoms with Gasteiger partial charge in [-0.2, -0.15) is 18.2 Å². The number of anilines is 1. The Hall–Kier alpha value is -2.42.